The van der Waals surface area contributed by atoms with Gasteiger partial charge in [-0.25, -0.2) is 0 Å². The van der Waals surface area contributed by atoms with E-state index in [2.05, 4.69) is 6.07 Å². The molecule has 0 atom stereocenters. The second-order valence-electron chi connectivity index (χ2n) is 7.09. The lowest BCUT2D eigenvalue weighted by molar-refractivity contribution is 0.211. The number of aryl methyl sites for hydroxylation is 1. The first-order valence-corrected chi connectivity index (χ1v) is 11.5. The SMILES string of the molecule is CCOP(=O)(OCC)C(O)=C1CCc2cc(CC3CCCC3)c(Cl)cc21. The number of allylic oxidation sites excluding steroid dienone is 1. The molecular weight excluding hydrogens is 371 g/mol. The van der Waals surface area contributed by atoms with Gasteiger partial charge in [0.05, 0.1) is 13.2 Å². The second-order valence-corrected chi connectivity index (χ2v) is 9.43. The van der Waals surface area contributed by atoms with E-state index < -0.39 is 7.60 Å². The third kappa shape index (κ3) is 4.04. The molecule has 144 valence electrons. The van der Waals surface area contributed by atoms with Gasteiger partial charge in [0.15, 0.2) is 0 Å². The average Bonchev–Trinajstić information content (AvgIpc) is 3.25. The normalized spacial score (nSPS) is 19.8. The molecule has 2 aliphatic rings. The van der Waals surface area contributed by atoms with Gasteiger partial charge in [-0.1, -0.05) is 43.4 Å². The molecule has 0 heterocycles. The van der Waals surface area contributed by atoms with E-state index in [0.717, 1.165) is 34.9 Å². The molecule has 0 aliphatic heterocycles. The van der Waals surface area contributed by atoms with Gasteiger partial charge >= 0.3 is 7.60 Å². The molecule has 1 N–H and O–H groups in total. The maximum Gasteiger partial charge on any atom is 0.395 e. The molecule has 1 fully saturated rings. The summed E-state index contributed by atoms with van der Waals surface area (Å²) in [6.45, 7) is 3.89. The highest BCUT2D eigenvalue weighted by Crippen LogP contribution is 2.58. The van der Waals surface area contributed by atoms with Gasteiger partial charge < -0.3 is 14.2 Å². The standard InChI is InChI=1S/C20H28ClO4P/c1-3-24-26(23,25-4-2)20(22)17-10-9-15-12-16(19(21)13-18(15)17)11-14-7-5-6-8-14/h12-14,22H,3-11H2,1-2H3. The van der Waals surface area contributed by atoms with E-state index in [1.54, 1.807) is 13.8 Å². The van der Waals surface area contributed by atoms with Crippen molar-refractivity contribution in [1.82, 2.24) is 0 Å². The number of aliphatic hydroxyl groups excluding tert-OH is 1. The highest BCUT2D eigenvalue weighted by molar-refractivity contribution is 7.58. The predicted molar refractivity (Wildman–Crippen MR) is 106 cm³/mol. The van der Waals surface area contributed by atoms with E-state index >= 15 is 0 Å². The highest BCUT2D eigenvalue weighted by atomic mass is 35.5. The lowest BCUT2D eigenvalue weighted by Gasteiger charge is -2.18. The Kier molecular flexibility index (Phi) is 6.50. The third-order valence-electron chi connectivity index (χ3n) is 5.35. The number of hydrogen-bond acceptors (Lipinski definition) is 4. The molecule has 1 aromatic carbocycles. The van der Waals surface area contributed by atoms with E-state index in [1.807, 2.05) is 6.07 Å². The van der Waals surface area contributed by atoms with Crippen molar-refractivity contribution in [1.29, 1.82) is 0 Å². The summed E-state index contributed by atoms with van der Waals surface area (Å²) in [5.74, 6) is 0.728. The fourth-order valence-electron chi connectivity index (χ4n) is 4.13. The summed E-state index contributed by atoms with van der Waals surface area (Å²) in [5, 5.41) is 11.4. The van der Waals surface area contributed by atoms with Crippen molar-refractivity contribution < 1.29 is 18.7 Å². The Labute approximate surface area is 161 Å². The van der Waals surface area contributed by atoms with Crippen LogP contribution in [0.2, 0.25) is 5.02 Å². The number of benzene rings is 1. The molecule has 4 nitrogen and oxygen atoms in total. The van der Waals surface area contributed by atoms with Crippen LogP contribution < -0.4 is 0 Å². The van der Waals surface area contributed by atoms with Gasteiger partial charge in [0.1, 0.15) is 0 Å². The highest BCUT2D eigenvalue weighted by Gasteiger charge is 2.35. The fourth-order valence-corrected chi connectivity index (χ4v) is 5.93. The first kappa shape index (κ1) is 19.9. The summed E-state index contributed by atoms with van der Waals surface area (Å²) in [5.41, 5.74) is 3.60. The van der Waals surface area contributed by atoms with Crippen molar-refractivity contribution in [2.45, 2.75) is 58.8 Å². The van der Waals surface area contributed by atoms with Gasteiger partial charge in [0.2, 0.25) is 5.50 Å². The summed E-state index contributed by atoms with van der Waals surface area (Å²) in [7, 11) is -3.67. The minimum absolute atomic E-state index is 0.211. The van der Waals surface area contributed by atoms with Crippen LogP contribution in [0.15, 0.2) is 17.6 Å². The largest absolute Gasteiger partial charge is 0.501 e. The first-order valence-electron chi connectivity index (χ1n) is 9.62. The van der Waals surface area contributed by atoms with Crippen molar-refractivity contribution in [2.75, 3.05) is 13.2 Å². The van der Waals surface area contributed by atoms with E-state index in [9.17, 15) is 9.67 Å². The van der Waals surface area contributed by atoms with Gasteiger partial charge in [0.25, 0.3) is 0 Å². The molecule has 26 heavy (non-hydrogen) atoms. The second kappa shape index (κ2) is 8.48. The van der Waals surface area contributed by atoms with E-state index in [-0.39, 0.29) is 18.7 Å². The van der Waals surface area contributed by atoms with Crippen molar-refractivity contribution in [2.24, 2.45) is 5.92 Å². The number of rotatable bonds is 7. The van der Waals surface area contributed by atoms with Crippen LogP contribution in [0.5, 0.6) is 0 Å². The van der Waals surface area contributed by atoms with Crippen molar-refractivity contribution in [3.63, 3.8) is 0 Å². The van der Waals surface area contributed by atoms with Crippen LogP contribution in [0.1, 0.15) is 62.6 Å². The van der Waals surface area contributed by atoms with Gasteiger partial charge in [-0.05, 0) is 61.8 Å². The van der Waals surface area contributed by atoms with Crippen LogP contribution in [0, 0.1) is 5.92 Å². The van der Waals surface area contributed by atoms with E-state index in [4.69, 9.17) is 20.6 Å². The summed E-state index contributed by atoms with van der Waals surface area (Å²) < 4.78 is 23.5. The lowest BCUT2D eigenvalue weighted by Crippen LogP contribution is -2.02. The maximum absolute atomic E-state index is 12.9. The predicted octanol–water partition coefficient (Wildman–Crippen LogP) is 6.51. The molecule has 2 aliphatic carbocycles. The molecule has 0 bridgehead atoms. The number of hydrogen-bond donors (Lipinski definition) is 1. The van der Waals surface area contributed by atoms with Crippen LogP contribution in [-0.2, 0) is 26.5 Å². The first-order chi connectivity index (χ1) is 12.5. The topological polar surface area (TPSA) is 55.8 Å². The molecule has 0 aromatic heterocycles. The summed E-state index contributed by atoms with van der Waals surface area (Å²) in [6.07, 6.45) is 7.65. The van der Waals surface area contributed by atoms with E-state index in [0.29, 0.717) is 12.0 Å². The smallest absolute Gasteiger partial charge is 0.395 e. The number of aliphatic hydroxyl groups is 1. The molecule has 1 saturated carbocycles. The van der Waals surface area contributed by atoms with Crippen molar-refractivity contribution in [3.05, 3.63) is 39.3 Å². The molecule has 0 saturated heterocycles. The quantitative estimate of drug-likeness (QED) is 0.420. The summed E-state index contributed by atoms with van der Waals surface area (Å²) >= 11 is 6.56. The number of halogens is 1. The summed E-state index contributed by atoms with van der Waals surface area (Å²) in [6, 6.07) is 4.09. The van der Waals surface area contributed by atoms with Gasteiger partial charge in [-0.2, -0.15) is 0 Å². The Morgan fingerprint density at radius 2 is 1.85 bits per heavy atom. The lowest BCUT2D eigenvalue weighted by atomic mass is 9.95. The zero-order chi connectivity index (χ0) is 18.7. The van der Waals surface area contributed by atoms with Gasteiger partial charge in [-0.3, -0.25) is 4.57 Å². The zero-order valence-electron chi connectivity index (χ0n) is 15.6. The number of fused-ring (bicyclic) bond motifs is 1. The average molecular weight is 399 g/mol. The van der Waals surface area contributed by atoms with Crippen LogP contribution in [0.4, 0.5) is 0 Å². The Morgan fingerprint density at radius 1 is 1.19 bits per heavy atom. The molecule has 0 amide bonds. The van der Waals surface area contributed by atoms with Crippen LogP contribution >= 0.6 is 19.2 Å². The van der Waals surface area contributed by atoms with E-state index in [1.165, 1.54) is 31.2 Å². The molecular formula is C20H28ClO4P. The minimum Gasteiger partial charge on any atom is -0.501 e. The Bertz CT molecular complexity index is 728. The fraction of sp³-hybridized carbons (Fsp3) is 0.600. The van der Waals surface area contributed by atoms with Crippen molar-refractivity contribution >= 4 is 24.8 Å². The molecule has 0 spiro atoms. The molecule has 1 aromatic rings. The molecule has 0 radical (unpaired) electrons. The Morgan fingerprint density at radius 3 is 2.46 bits per heavy atom. The molecule has 6 heteroatoms. The molecule has 3 rings (SSSR count). The van der Waals surface area contributed by atoms with Gasteiger partial charge in [-0.15, -0.1) is 0 Å². The maximum atomic E-state index is 12.9. The Balaban J connectivity index is 1.93. The minimum atomic E-state index is -3.67. The zero-order valence-corrected chi connectivity index (χ0v) is 17.2. The van der Waals surface area contributed by atoms with Gasteiger partial charge in [0, 0.05) is 10.6 Å². The van der Waals surface area contributed by atoms with Crippen LogP contribution in [0.3, 0.4) is 0 Å². The van der Waals surface area contributed by atoms with Crippen molar-refractivity contribution in [3.8, 4) is 0 Å². The van der Waals surface area contributed by atoms with Crippen LogP contribution in [-0.4, -0.2) is 18.3 Å². The monoisotopic (exact) mass is 398 g/mol. The Hall–Kier alpha value is -0.800. The third-order valence-corrected chi connectivity index (χ3v) is 7.69. The van der Waals surface area contributed by atoms with Crippen LogP contribution in [0.25, 0.3) is 5.57 Å². The molecule has 0 unspecified atom stereocenters. The summed E-state index contributed by atoms with van der Waals surface area (Å²) in [4.78, 5) is 0.